The summed E-state index contributed by atoms with van der Waals surface area (Å²) >= 11 is 1.60. The van der Waals surface area contributed by atoms with Gasteiger partial charge in [-0.3, -0.25) is 0 Å². The predicted molar refractivity (Wildman–Crippen MR) is 118 cm³/mol. The van der Waals surface area contributed by atoms with E-state index in [9.17, 15) is 4.79 Å². The van der Waals surface area contributed by atoms with Crippen LogP contribution in [-0.2, 0) is 4.74 Å². The first-order chi connectivity index (χ1) is 13.8. The Hall–Kier alpha value is -2.28. The first kappa shape index (κ1) is 21.4. The summed E-state index contributed by atoms with van der Waals surface area (Å²) < 4.78 is 11.3. The first-order valence-corrected chi connectivity index (χ1v) is 10.9. The van der Waals surface area contributed by atoms with Crippen LogP contribution in [0.5, 0.6) is 5.75 Å². The molecule has 0 saturated heterocycles. The number of carbonyl (C=O) groups excluding carboxylic acids is 1. The molecule has 1 fully saturated rings. The van der Waals surface area contributed by atoms with Crippen molar-refractivity contribution in [2.24, 2.45) is 5.41 Å². The zero-order valence-corrected chi connectivity index (χ0v) is 18.7. The fourth-order valence-electron chi connectivity index (χ4n) is 3.96. The Labute approximate surface area is 177 Å². The summed E-state index contributed by atoms with van der Waals surface area (Å²) in [4.78, 5) is 16.7. The quantitative estimate of drug-likeness (QED) is 0.689. The number of benzene rings is 1. The summed E-state index contributed by atoms with van der Waals surface area (Å²) in [6.45, 7) is 6.43. The highest BCUT2D eigenvalue weighted by atomic mass is 32.1. The third-order valence-electron chi connectivity index (χ3n) is 5.87. The normalized spacial score (nSPS) is 22.0. The number of hydrogen-bond acceptors (Lipinski definition) is 6. The van der Waals surface area contributed by atoms with Crippen molar-refractivity contribution >= 4 is 22.6 Å². The van der Waals surface area contributed by atoms with Crippen molar-refractivity contribution in [3.05, 3.63) is 29.6 Å². The van der Waals surface area contributed by atoms with Crippen molar-refractivity contribution in [3.8, 4) is 17.0 Å². The highest BCUT2D eigenvalue weighted by Gasteiger charge is 2.47. The molecule has 1 aromatic heterocycles. The van der Waals surface area contributed by atoms with Gasteiger partial charge in [-0.15, -0.1) is 11.3 Å². The molecule has 0 bridgehead atoms. The second kappa shape index (κ2) is 8.61. The van der Waals surface area contributed by atoms with Gasteiger partial charge in [-0.05, 0) is 37.8 Å². The summed E-state index contributed by atoms with van der Waals surface area (Å²) in [5, 5.41) is 9.13. The van der Waals surface area contributed by atoms with E-state index in [2.05, 4.69) is 36.8 Å². The van der Waals surface area contributed by atoms with E-state index >= 15 is 0 Å². The molecule has 0 unspecified atom stereocenters. The van der Waals surface area contributed by atoms with Crippen LogP contribution < -0.4 is 15.4 Å². The Morgan fingerprint density at radius 2 is 1.93 bits per heavy atom. The largest absolute Gasteiger partial charge is 0.496 e. The highest BCUT2D eigenvalue weighted by Crippen LogP contribution is 2.45. The van der Waals surface area contributed by atoms with Gasteiger partial charge in [0.15, 0.2) is 5.13 Å². The van der Waals surface area contributed by atoms with E-state index < -0.39 is 5.60 Å². The van der Waals surface area contributed by atoms with Crippen LogP contribution >= 0.6 is 11.3 Å². The Morgan fingerprint density at radius 1 is 1.24 bits per heavy atom. The Morgan fingerprint density at radius 3 is 2.55 bits per heavy atom. The van der Waals surface area contributed by atoms with Crippen LogP contribution in [0, 0.1) is 5.41 Å². The Kier molecular flexibility index (Phi) is 6.36. The molecular formula is C22H31N3O3S. The number of hydrogen-bond donors (Lipinski definition) is 2. The van der Waals surface area contributed by atoms with Crippen LogP contribution in [0.1, 0.15) is 46.5 Å². The lowest BCUT2D eigenvalue weighted by molar-refractivity contribution is -0.0928. The molecule has 1 aliphatic carbocycles. The lowest BCUT2D eigenvalue weighted by Crippen LogP contribution is -2.52. The SMILES string of the molecule is CNC(=O)OC1(C(C)(C)C)CCC(Nc2nc(-c3ccccc3OC)cs2)CC1. The van der Waals surface area contributed by atoms with Gasteiger partial charge < -0.3 is 20.1 Å². The van der Waals surface area contributed by atoms with Gasteiger partial charge in [0, 0.05) is 29.4 Å². The summed E-state index contributed by atoms with van der Waals surface area (Å²) in [7, 11) is 3.28. The molecule has 0 spiro atoms. The number of alkyl carbamates (subject to hydrolysis) is 1. The number of nitrogens with one attached hydrogen (secondary N) is 2. The van der Waals surface area contributed by atoms with Crippen LogP contribution in [-0.4, -0.2) is 36.9 Å². The van der Waals surface area contributed by atoms with E-state index in [-0.39, 0.29) is 11.5 Å². The number of anilines is 1. The molecule has 1 aliphatic rings. The molecule has 1 heterocycles. The fraction of sp³-hybridized carbons (Fsp3) is 0.545. The summed E-state index contributed by atoms with van der Waals surface area (Å²) in [6, 6.07) is 8.23. The zero-order chi connectivity index (χ0) is 21.1. The van der Waals surface area contributed by atoms with Crippen LogP contribution in [0.15, 0.2) is 29.6 Å². The molecular weight excluding hydrogens is 386 g/mol. The number of amides is 1. The van der Waals surface area contributed by atoms with Crippen molar-refractivity contribution in [2.45, 2.75) is 58.1 Å². The molecule has 0 radical (unpaired) electrons. The number of nitrogens with zero attached hydrogens (tertiary/aromatic N) is 1. The van der Waals surface area contributed by atoms with Crippen molar-refractivity contribution in [3.63, 3.8) is 0 Å². The molecule has 2 N–H and O–H groups in total. The summed E-state index contributed by atoms with van der Waals surface area (Å²) in [6.07, 6.45) is 3.15. The molecule has 1 aromatic carbocycles. The maximum atomic E-state index is 11.9. The zero-order valence-electron chi connectivity index (χ0n) is 17.9. The number of carbonyl (C=O) groups is 1. The van der Waals surface area contributed by atoms with Crippen molar-refractivity contribution < 1.29 is 14.3 Å². The van der Waals surface area contributed by atoms with E-state index in [1.165, 1.54) is 0 Å². The van der Waals surface area contributed by atoms with Gasteiger partial charge in [-0.25, -0.2) is 9.78 Å². The van der Waals surface area contributed by atoms with Gasteiger partial charge in [0.2, 0.25) is 0 Å². The second-order valence-corrected chi connectivity index (χ2v) is 9.40. The second-order valence-electron chi connectivity index (χ2n) is 8.54. The number of aromatic nitrogens is 1. The van der Waals surface area contributed by atoms with E-state index in [1.54, 1.807) is 25.5 Å². The minimum Gasteiger partial charge on any atom is -0.496 e. The van der Waals surface area contributed by atoms with E-state index in [1.807, 2.05) is 24.3 Å². The molecule has 158 valence electrons. The molecule has 0 aliphatic heterocycles. The maximum Gasteiger partial charge on any atom is 0.407 e. The van der Waals surface area contributed by atoms with Crippen LogP contribution in [0.2, 0.25) is 0 Å². The molecule has 1 amide bonds. The van der Waals surface area contributed by atoms with Crippen LogP contribution in [0.4, 0.5) is 9.93 Å². The Bertz CT molecular complexity index is 836. The monoisotopic (exact) mass is 417 g/mol. The highest BCUT2D eigenvalue weighted by molar-refractivity contribution is 7.14. The minimum atomic E-state index is -0.448. The van der Waals surface area contributed by atoms with Gasteiger partial charge in [0.1, 0.15) is 11.4 Å². The summed E-state index contributed by atoms with van der Waals surface area (Å²) in [5.41, 5.74) is 1.34. The van der Waals surface area contributed by atoms with Gasteiger partial charge >= 0.3 is 6.09 Å². The van der Waals surface area contributed by atoms with Gasteiger partial charge in [0.05, 0.1) is 12.8 Å². The molecule has 0 atom stereocenters. The third kappa shape index (κ3) is 4.66. The van der Waals surface area contributed by atoms with Crippen molar-refractivity contribution in [1.82, 2.24) is 10.3 Å². The van der Waals surface area contributed by atoms with Crippen LogP contribution in [0.3, 0.4) is 0 Å². The van der Waals surface area contributed by atoms with Crippen molar-refractivity contribution in [2.75, 3.05) is 19.5 Å². The minimum absolute atomic E-state index is 0.122. The van der Waals surface area contributed by atoms with Crippen molar-refractivity contribution in [1.29, 1.82) is 0 Å². The average Bonchev–Trinajstić information content (AvgIpc) is 3.16. The molecule has 2 aromatic rings. The molecule has 7 heteroatoms. The number of thiazole rings is 1. The lowest BCUT2D eigenvalue weighted by atomic mass is 9.67. The lowest BCUT2D eigenvalue weighted by Gasteiger charge is -2.48. The smallest absolute Gasteiger partial charge is 0.407 e. The standard InChI is InChI=1S/C22H31N3O3S/c1-21(2,3)22(28-20(26)23-4)12-10-15(11-13-22)24-19-25-17(14-29-19)16-8-6-7-9-18(16)27-5/h6-9,14-15H,10-13H2,1-5H3,(H,23,26)(H,24,25). The van der Waals surface area contributed by atoms with E-state index in [0.717, 1.165) is 47.8 Å². The number of methoxy groups -OCH3 is 1. The Balaban J connectivity index is 1.66. The predicted octanol–water partition coefficient (Wildman–Crippen LogP) is 5.31. The molecule has 6 nitrogen and oxygen atoms in total. The number of ether oxygens (including phenoxy) is 2. The number of para-hydroxylation sites is 1. The van der Waals surface area contributed by atoms with Gasteiger partial charge in [0.25, 0.3) is 0 Å². The topological polar surface area (TPSA) is 72.5 Å². The maximum absolute atomic E-state index is 11.9. The fourth-order valence-corrected chi connectivity index (χ4v) is 4.75. The average molecular weight is 418 g/mol. The van der Waals surface area contributed by atoms with Gasteiger partial charge in [-0.1, -0.05) is 32.9 Å². The number of rotatable bonds is 5. The first-order valence-electron chi connectivity index (χ1n) is 10.0. The summed E-state index contributed by atoms with van der Waals surface area (Å²) in [5.74, 6) is 0.823. The molecule has 29 heavy (non-hydrogen) atoms. The van der Waals surface area contributed by atoms with Crippen LogP contribution in [0.25, 0.3) is 11.3 Å². The molecule has 3 rings (SSSR count). The van der Waals surface area contributed by atoms with E-state index in [4.69, 9.17) is 14.5 Å². The third-order valence-corrected chi connectivity index (χ3v) is 6.64. The van der Waals surface area contributed by atoms with Gasteiger partial charge in [-0.2, -0.15) is 0 Å². The van der Waals surface area contributed by atoms with E-state index in [0.29, 0.717) is 6.04 Å². The molecule has 1 saturated carbocycles.